The zero-order valence-electron chi connectivity index (χ0n) is 17.3. The molecule has 1 saturated heterocycles. The zero-order valence-corrected chi connectivity index (χ0v) is 19.7. The number of carbonyl (C=O) groups is 1. The van der Waals surface area contributed by atoms with Crippen LogP contribution in [0.4, 0.5) is 13.2 Å². The minimum atomic E-state index is -4.79. The smallest absolute Gasteiger partial charge is 0.374 e. The first-order valence-electron chi connectivity index (χ1n) is 10.0. The number of hydrogen-bond acceptors (Lipinski definition) is 4. The summed E-state index contributed by atoms with van der Waals surface area (Å²) in [6.07, 6.45) is -5.36. The van der Waals surface area contributed by atoms with Gasteiger partial charge in [0.15, 0.2) is 0 Å². The van der Waals surface area contributed by atoms with E-state index >= 15 is 0 Å². The Labute approximate surface area is 200 Å². The first-order chi connectivity index (χ1) is 15.5. The van der Waals surface area contributed by atoms with Gasteiger partial charge in [-0.25, -0.2) is 0 Å². The molecule has 1 amide bonds. The highest BCUT2D eigenvalue weighted by Gasteiger charge is 2.62. The third-order valence-corrected chi connectivity index (χ3v) is 7.84. The van der Waals surface area contributed by atoms with E-state index < -0.39 is 29.0 Å². The summed E-state index contributed by atoms with van der Waals surface area (Å²) in [6.45, 7) is 2.13. The predicted molar refractivity (Wildman–Crippen MR) is 121 cm³/mol. The van der Waals surface area contributed by atoms with Gasteiger partial charge in [-0.05, 0) is 54.3 Å². The quantitative estimate of drug-likeness (QED) is 0.606. The number of hydrogen-bond donors (Lipinski definition) is 1. The Morgan fingerprint density at radius 3 is 2.45 bits per heavy atom. The van der Waals surface area contributed by atoms with Gasteiger partial charge in [0.05, 0.1) is 5.71 Å². The lowest BCUT2D eigenvalue weighted by Gasteiger charge is -2.29. The molecule has 1 fully saturated rings. The molecule has 2 aliphatic rings. The number of benzene rings is 2. The summed E-state index contributed by atoms with van der Waals surface area (Å²) in [5.74, 6) is 1.07. The number of carbonyl (C=O) groups excluding carboxylic acids is 1. The number of amides is 1. The Kier molecular flexibility index (Phi) is 6.50. The van der Waals surface area contributed by atoms with E-state index in [9.17, 15) is 22.2 Å². The molecule has 33 heavy (non-hydrogen) atoms. The first-order valence-corrected chi connectivity index (χ1v) is 12.3. The van der Waals surface area contributed by atoms with E-state index in [0.29, 0.717) is 34.7 Å². The Balaban J connectivity index is 1.54. The third-order valence-electron chi connectivity index (χ3n) is 5.71. The van der Waals surface area contributed by atoms with E-state index in [1.54, 1.807) is 25.1 Å². The third kappa shape index (κ3) is 4.76. The molecule has 176 valence electrons. The summed E-state index contributed by atoms with van der Waals surface area (Å²) in [5, 5.41) is 6.66. The van der Waals surface area contributed by atoms with Crippen LogP contribution in [0.3, 0.4) is 0 Å². The highest BCUT2D eigenvalue weighted by molar-refractivity contribution is 7.86. The summed E-state index contributed by atoms with van der Waals surface area (Å²) in [4.78, 5) is 17.5. The van der Waals surface area contributed by atoms with Crippen molar-refractivity contribution in [2.45, 2.75) is 25.1 Å². The molecule has 11 heteroatoms. The molecule has 4 rings (SSSR count). The maximum atomic E-state index is 14.2. The van der Waals surface area contributed by atoms with Crippen LogP contribution in [0.5, 0.6) is 0 Å². The minimum Gasteiger partial charge on any atom is -0.374 e. The van der Waals surface area contributed by atoms with Crippen molar-refractivity contribution in [3.05, 3.63) is 68.7 Å². The number of rotatable bonds is 5. The maximum Gasteiger partial charge on any atom is 0.435 e. The number of alkyl halides is 3. The first kappa shape index (κ1) is 24.0. The molecule has 0 aliphatic carbocycles. The summed E-state index contributed by atoms with van der Waals surface area (Å²) < 4.78 is 53.6. The Morgan fingerprint density at radius 1 is 1.21 bits per heavy atom. The highest BCUT2D eigenvalue weighted by Crippen LogP contribution is 2.49. The molecule has 1 atom stereocenters. The molecule has 0 unspecified atom stereocenters. The molecular formula is C22H19Cl2F3N2O3S. The SMILES string of the molecule is Cc1cc(C2=NO[C@@](c3cc(Cl)cc(Cl)c3)(C(F)(F)F)C2)ccc1C(=O)NCC1CS(=O)C1. The zero-order chi connectivity index (χ0) is 24.0. The van der Waals surface area contributed by atoms with Crippen LogP contribution in [0.25, 0.3) is 0 Å². The number of nitrogens with zero attached hydrogens (tertiary/aromatic N) is 1. The van der Waals surface area contributed by atoms with E-state index in [0.717, 1.165) is 12.1 Å². The standard InChI is InChI=1S/C22H19Cl2F3N2O3S/c1-12-4-14(2-3-18(12)20(30)28-9-13-10-33(31)11-13)19-8-21(32-29-19,22(25,26)27)15-5-16(23)7-17(24)6-15/h2-7,13H,8-11H2,1H3,(H,28,30)/t13?,21-,33?/m0/s1. The number of nitrogens with one attached hydrogen (secondary N) is 1. The summed E-state index contributed by atoms with van der Waals surface area (Å²) in [7, 11) is -0.791. The number of halogens is 5. The van der Waals surface area contributed by atoms with Gasteiger partial charge in [0.2, 0.25) is 0 Å². The van der Waals surface area contributed by atoms with Gasteiger partial charge in [0.1, 0.15) is 0 Å². The second-order valence-corrected chi connectivity index (χ2v) is 10.6. The normalized spacial score (nSPS) is 24.6. The van der Waals surface area contributed by atoms with E-state index in [1.165, 1.54) is 6.07 Å². The van der Waals surface area contributed by atoms with Crippen LogP contribution in [-0.4, -0.2) is 40.1 Å². The van der Waals surface area contributed by atoms with Crippen molar-refractivity contribution < 1.29 is 27.0 Å². The molecule has 2 aromatic carbocycles. The van der Waals surface area contributed by atoms with Crippen LogP contribution >= 0.6 is 23.2 Å². The highest BCUT2D eigenvalue weighted by atomic mass is 35.5. The van der Waals surface area contributed by atoms with Crippen LogP contribution in [0, 0.1) is 12.8 Å². The van der Waals surface area contributed by atoms with E-state index in [1.807, 2.05) is 0 Å². The Morgan fingerprint density at radius 2 is 1.88 bits per heavy atom. The second-order valence-electron chi connectivity index (χ2n) is 8.17. The van der Waals surface area contributed by atoms with Crippen molar-refractivity contribution in [1.29, 1.82) is 0 Å². The van der Waals surface area contributed by atoms with Gasteiger partial charge in [-0.2, -0.15) is 13.2 Å². The maximum absolute atomic E-state index is 14.2. The Hall–Kier alpha value is -2.10. The van der Waals surface area contributed by atoms with Gasteiger partial charge in [0, 0.05) is 56.4 Å². The van der Waals surface area contributed by atoms with Gasteiger partial charge < -0.3 is 10.2 Å². The molecule has 0 bridgehead atoms. The van der Waals surface area contributed by atoms with Crippen LogP contribution in [0.15, 0.2) is 41.6 Å². The fourth-order valence-electron chi connectivity index (χ4n) is 3.87. The van der Waals surface area contributed by atoms with E-state index in [2.05, 4.69) is 10.5 Å². The summed E-state index contributed by atoms with van der Waals surface area (Å²) in [6, 6.07) is 8.36. The van der Waals surface area contributed by atoms with Crippen molar-refractivity contribution >= 4 is 45.6 Å². The van der Waals surface area contributed by atoms with Gasteiger partial charge in [0.25, 0.3) is 11.5 Å². The van der Waals surface area contributed by atoms with Crippen LogP contribution in [0.2, 0.25) is 10.0 Å². The van der Waals surface area contributed by atoms with E-state index in [-0.39, 0.29) is 33.1 Å². The molecule has 0 radical (unpaired) electrons. The van der Waals surface area contributed by atoms with Crippen molar-refractivity contribution in [3.63, 3.8) is 0 Å². The van der Waals surface area contributed by atoms with Crippen molar-refractivity contribution in [3.8, 4) is 0 Å². The fourth-order valence-corrected chi connectivity index (χ4v) is 5.59. The van der Waals surface area contributed by atoms with E-state index in [4.69, 9.17) is 28.0 Å². The van der Waals surface area contributed by atoms with Crippen LogP contribution in [0.1, 0.15) is 33.5 Å². The average molecular weight is 519 g/mol. The summed E-state index contributed by atoms with van der Waals surface area (Å²) >= 11 is 11.9. The fraction of sp³-hybridized carbons (Fsp3) is 0.364. The molecule has 2 heterocycles. The average Bonchev–Trinajstić information content (AvgIpc) is 3.16. The van der Waals surface area contributed by atoms with Gasteiger partial charge >= 0.3 is 6.18 Å². The predicted octanol–water partition coefficient (Wildman–Crippen LogP) is 4.99. The second kappa shape index (κ2) is 8.92. The molecule has 0 saturated carbocycles. The largest absolute Gasteiger partial charge is 0.435 e. The molecule has 5 nitrogen and oxygen atoms in total. The molecule has 2 aliphatic heterocycles. The van der Waals surface area contributed by atoms with Crippen molar-refractivity contribution in [1.82, 2.24) is 5.32 Å². The minimum absolute atomic E-state index is 0.0533. The number of aryl methyl sites for hydroxylation is 1. The topological polar surface area (TPSA) is 67.8 Å². The Bertz CT molecular complexity index is 1140. The van der Waals surface area contributed by atoms with Crippen LogP contribution < -0.4 is 5.32 Å². The van der Waals surface area contributed by atoms with Gasteiger partial charge in [-0.3, -0.25) is 9.00 Å². The van der Waals surface area contributed by atoms with Crippen LogP contribution in [-0.2, 0) is 21.2 Å². The number of oxime groups is 1. The lowest BCUT2D eigenvalue weighted by molar-refractivity contribution is -0.275. The molecule has 0 spiro atoms. The van der Waals surface area contributed by atoms with Gasteiger partial charge in [-0.1, -0.05) is 34.4 Å². The molecular weight excluding hydrogens is 500 g/mol. The lowest BCUT2D eigenvalue weighted by atomic mass is 9.86. The monoisotopic (exact) mass is 518 g/mol. The molecule has 0 aromatic heterocycles. The molecule has 1 N–H and O–H groups in total. The summed E-state index contributed by atoms with van der Waals surface area (Å²) in [5.41, 5.74) is -1.46. The lowest BCUT2D eigenvalue weighted by Crippen LogP contribution is -2.42. The van der Waals surface area contributed by atoms with Crippen molar-refractivity contribution in [2.75, 3.05) is 18.1 Å². The van der Waals surface area contributed by atoms with Crippen molar-refractivity contribution in [2.24, 2.45) is 11.1 Å². The van der Waals surface area contributed by atoms with Gasteiger partial charge in [-0.15, -0.1) is 0 Å². The molecule has 2 aromatic rings.